The molecule has 2 aromatic carbocycles. The van der Waals surface area contributed by atoms with E-state index >= 15 is 0 Å². The molecular weight excluding hydrogens is 333 g/mol. The van der Waals surface area contributed by atoms with Crippen LogP contribution in [0.3, 0.4) is 0 Å². The van der Waals surface area contributed by atoms with Crippen LogP contribution in [-0.4, -0.2) is 23.3 Å². The minimum absolute atomic E-state index is 0.107. The Morgan fingerprint density at radius 2 is 2.08 bits per heavy atom. The Morgan fingerprint density at radius 1 is 1.38 bits per heavy atom. The van der Waals surface area contributed by atoms with E-state index < -0.39 is 5.82 Å². The summed E-state index contributed by atoms with van der Waals surface area (Å²) in [6, 6.07) is 6.75. The van der Waals surface area contributed by atoms with Gasteiger partial charge < -0.3 is 10.3 Å². The van der Waals surface area contributed by atoms with Crippen molar-refractivity contribution in [2.45, 2.75) is 6.92 Å². The summed E-state index contributed by atoms with van der Waals surface area (Å²) in [5.41, 5.74) is 4.77. The molecule has 0 aliphatic rings. The Hall–Kier alpha value is -2.48. The molecule has 5 N–H and O–H groups in total. The Bertz CT molecular complexity index is 865. The highest BCUT2D eigenvalue weighted by Crippen LogP contribution is 2.30. The first kappa shape index (κ1) is 17.9. The Balaban J connectivity index is 0.000000647. The van der Waals surface area contributed by atoms with Crippen molar-refractivity contribution in [3.8, 4) is 0 Å². The molecule has 8 heteroatoms. The normalized spacial score (nSPS) is 10.2. The van der Waals surface area contributed by atoms with Gasteiger partial charge in [-0.05, 0) is 43.8 Å². The number of hydrogen-bond donors (Lipinski definition) is 4. The number of nitrogens with zero attached hydrogens (tertiary/aromatic N) is 1. The number of anilines is 2. The van der Waals surface area contributed by atoms with E-state index in [1.54, 1.807) is 31.3 Å². The average molecular weight is 350 g/mol. The van der Waals surface area contributed by atoms with Crippen LogP contribution in [0, 0.1) is 12.7 Å². The number of carbonyl (C=O) groups is 1. The van der Waals surface area contributed by atoms with Gasteiger partial charge in [0.2, 0.25) is 0 Å². The summed E-state index contributed by atoms with van der Waals surface area (Å²) in [5.74, 6) is 4.03. The van der Waals surface area contributed by atoms with Crippen molar-refractivity contribution in [3.05, 3.63) is 52.6 Å². The van der Waals surface area contributed by atoms with Crippen molar-refractivity contribution >= 4 is 40.3 Å². The van der Waals surface area contributed by atoms with Gasteiger partial charge in [0.25, 0.3) is 0 Å². The summed E-state index contributed by atoms with van der Waals surface area (Å²) in [5, 5.41) is 3.54. The molecule has 0 saturated carbocycles. The second-order valence-corrected chi connectivity index (χ2v) is 5.38. The first-order chi connectivity index (χ1) is 11.5. The summed E-state index contributed by atoms with van der Waals surface area (Å²) in [4.78, 5) is 17.9. The fraction of sp³-hybridized carbons (Fsp3) is 0.125. The summed E-state index contributed by atoms with van der Waals surface area (Å²) in [6.45, 7) is 1.85. The molecule has 0 bridgehead atoms. The molecule has 0 unspecified atom stereocenters. The predicted molar refractivity (Wildman–Crippen MR) is 94.2 cm³/mol. The maximum absolute atomic E-state index is 14.5. The minimum Gasteiger partial charge on any atom is -0.352 e. The second kappa shape index (κ2) is 7.87. The molecule has 126 valence electrons. The molecule has 0 fully saturated rings. The minimum atomic E-state index is -0.565. The van der Waals surface area contributed by atoms with E-state index in [0.717, 1.165) is 5.56 Å². The fourth-order valence-electron chi connectivity index (χ4n) is 2.18. The average Bonchev–Trinajstić information content (AvgIpc) is 3.01. The maximum atomic E-state index is 14.5. The number of H-pyrrole nitrogens is 1. The first-order valence-electron chi connectivity index (χ1n) is 7.03. The molecule has 0 atom stereocenters. The number of nitrogens with one attached hydrogen (secondary N) is 3. The van der Waals surface area contributed by atoms with Gasteiger partial charge in [0.1, 0.15) is 5.52 Å². The zero-order chi connectivity index (χ0) is 17.7. The number of hydrogen-bond acceptors (Lipinski definition) is 5. The zero-order valence-electron chi connectivity index (χ0n) is 13.2. The lowest BCUT2D eigenvalue weighted by atomic mass is 10.1. The fourth-order valence-corrected chi connectivity index (χ4v) is 2.41. The monoisotopic (exact) mass is 349 g/mol. The van der Waals surface area contributed by atoms with E-state index in [0.29, 0.717) is 22.5 Å². The van der Waals surface area contributed by atoms with Crippen LogP contribution in [0.25, 0.3) is 11.0 Å². The van der Waals surface area contributed by atoms with Gasteiger partial charge in [-0.15, -0.1) is 0 Å². The van der Waals surface area contributed by atoms with Gasteiger partial charge in [-0.2, -0.15) is 0 Å². The third-order valence-corrected chi connectivity index (χ3v) is 3.49. The van der Waals surface area contributed by atoms with Crippen LogP contribution >= 0.6 is 11.6 Å². The topological polar surface area (TPSA) is 95.8 Å². The highest BCUT2D eigenvalue weighted by atomic mass is 35.5. The molecule has 1 aromatic heterocycles. The van der Waals surface area contributed by atoms with E-state index in [2.05, 4.69) is 26.6 Å². The zero-order valence-corrected chi connectivity index (χ0v) is 13.9. The molecule has 6 nitrogen and oxygen atoms in total. The van der Waals surface area contributed by atoms with Crippen LogP contribution < -0.4 is 16.6 Å². The standard InChI is InChI=1S/C15H11ClFN3O.CH6N2/c1-8-4-10(16)2-3-11(8)20-14-9(6-21)5-12-15(13(14)17)19-7-18-12;1-3-2/h2-7,20H,1H3,(H,18,19);3H,2H2,1H3. The lowest BCUT2D eigenvalue weighted by molar-refractivity contribution is 0.112. The van der Waals surface area contributed by atoms with Gasteiger partial charge in [0, 0.05) is 16.3 Å². The van der Waals surface area contributed by atoms with E-state index in [4.69, 9.17) is 11.6 Å². The summed E-state index contributed by atoms with van der Waals surface area (Å²) < 4.78 is 14.5. The lowest BCUT2D eigenvalue weighted by Gasteiger charge is -2.13. The van der Waals surface area contributed by atoms with Crippen molar-refractivity contribution < 1.29 is 9.18 Å². The number of fused-ring (bicyclic) bond motifs is 1. The van der Waals surface area contributed by atoms with Gasteiger partial charge in [0.15, 0.2) is 12.1 Å². The number of aldehydes is 1. The molecule has 3 rings (SSSR count). The third-order valence-electron chi connectivity index (χ3n) is 3.26. The summed E-state index contributed by atoms with van der Waals surface area (Å²) in [7, 11) is 1.65. The van der Waals surface area contributed by atoms with Crippen molar-refractivity contribution in [2.24, 2.45) is 5.84 Å². The summed E-state index contributed by atoms with van der Waals surface area (Å²) in [6.07, 6.45) is 2.00. The van der Waals surface area contributed by atoms with Gasteiger partial charge in [0.05, 0.1) is 17.5 Å². The van der Waals surface area contributed by atoms with Gasteiger partial charge in [-0.25, -0.2) is 9.37 Å². The largest absolute Gasteiger partial charge is 0.352 e. The van der Waals surface area contributed by atoms with Crippen LogP contribution in [0.1, 0.15) is 15.9 Å². The predicted octanol–water partition coefficient (Wildman–Crippen LogP) is 3.30. The molecule has 24 heavy (non-hydrogen) atoms. The number of benzene rings is 2. The van der Waals surface area contributed by atoms with Gasteiger partial charge >= 0.3 is 0 Å². The molecule has 0 aliphatic carbocycles. The van der Waals surface area contributed by atoms with Crippen molar-refractivity contribution in [1.29, 1.82) is 0 Å². The SMILES string of the molecule is CNN.Cc1cc(Cl)ccc1Nc1c(C=O)cc2[nH]cnc2c1F. The van der Waals surface area contributed by atoms with E-state index in [-0.39, 0.29) is 16.8 Å². The number of imidazole rings is 1. The van der Waals surface area contributed by atoms with Crippen molar-refractivity contribution in [1.82, 2.24) is 15.4 Å². The van der Waals surface area contributed by atoms with Crippen LogP contribution in [0.4, 0.5) is 15.8 Å². The number of aromatic nitrogens is 2. The maximum Gasteiger partial charge on any atom is 0.175 e. The van der Waals surface area contributed by atoms with E-state index in [9.17, 15) is 9.18 Å². The molecule has 3 aromatic rings. The quantitative estimate of drug-likeness (QED) is 0.330. The Morgan fingerprint density at radius 3 is 2.71 bits per heavy atom. The number of rotatable bonds is 3. The number of carbonyl (C=O) groups excluding carboxylic acids is 1. The van der Waals surface area contributed by atoms with Crippen LogP contribution in [0.2, 0.25) is 5.02 Å². The van der Waals surface area contributed by atoms with E-state index in [1.165, 1.54) is 6.33 Å². The highest BCUT2D eigenvalue weighted by molar-refractivity contribution is 6.30. The molecule has 0 saturated heterocycles. The van der Waals surface area contributed by atoms with E-state index in [1.807, 2.05) is 6.92 Å². The van der Waals surface area contributed by atoms with Crippen LogP contribution in [0.5, 0.6) is 0 Å². The number of nitrogens with two attached hydrogens (primary N) is 1. The molecule has 0 aliphatic heterocycles. The lowest BCUT2D eigenvalue weighted by Crippen LogP contribution is -2.13. The van der Waals surface area contributed by atoms with Crippen LogP contribution in [0.15, 0.2) is 30.6 Å². The number of aryl methyl sites for hydroxylation is 1. The smallest absolute Gasteiger partial charge is 0.175 e. The second-order valence-electron chi connectivity index (χ2n) is 4.94. The van der Waals surface area contributed by atoms with Crippen LogP contribution in [-0.2, 0) is 0 Å². The highest BCUT2D eigenvalue weighted by Gasteiger charge is 2.16. The summed E-state index contributed by atoms with van der Waals surface area (Å²) >= 11 is 5.90. The van der Waals surface area contributed by atoms with Gasteiger partial charge in [-0.1, -0.05) is 11.6 Å². The molecule has 1 heterocycles. The van der Waals surface area contributed by atoms with Gasteiger partial charge in [-0.3, -0.25) is 16.1 Å². The van der Waals surface area contributed by atoms with Crippen molar-refractivity contribution in [3.63, 3.8) is 0 Å². The Kier molecular flexibility index (Phi) is 5.86. The Labute approximate surface area is 143 Å². The number of aromatic amines is 1. The molecular formula is C16H17ClFN5O. The first-order valence-corrected chi connectivity index (χ1v) is 7.40. The number of halogens is 2. The molecule has 0 spiro atoms. The third kappa shape index (κ3) is 3.70. The molecule has 0 amide bonds. The van der Waals surface area contributed by atoms with Crippen molar-refractivity contribution in [2.75, 3.05) is 12.4 Å². The molecule has 0 radical (unpaired) electrons. The number of hydrazine groups is 1.